The first-order valence-electron chi connectivity index (χ1n) is 16.6. The molecule has 0 atom stereocenters. The van der Waals surface area contributed by atoms with E-state index in [1.165, 1.54) is 12.5 Å². The highest BCUT2D eigenvalue weighted by atomic mass is 35.5. The minimum absolute atomic E-state index is 0.120. The molecule has 2 amide bonds. The maximum absolute atomic E-state index is 13.6. The number of nitrogens with one attached hydrogen (secondary N) is 1. The molecule has 3 aliphatic rings. The highest BCUT2D eigenvalue weighted by Gasteiger charge is 2.49. The van der Waals surface area contributed by atoms with E-state index in [2.05, 4.69) is 15.3 Å². The first-order chi connectivity index (χ1) is 20.6. The van der Waals surface area contributed by atoms with Crippen LogP contribution in [0.2, 0.25) is 5.15 Å². The fraction of sp³-hybridized carbons (Fsp3) is 0.818. The summed E-state index contributed by atoms with van der Waals surface area (Å²) < 4.78 is 11.8. The summed E-state index contributed by atoms with van der Waals surface area (Å²) in [5, 5.41) is 3.62. The van der Waals surface area contributed by atoms with Crippen molar-refractivity contribution in [1.82, 2.24) is 19.8 Å². The highest BCUT2D eigenvalue weighted by Crippen LogP contribution is 2.48. The van der Waals surface area contributed by atoms with Crippen LogP contribution in [0.1, 0.15) is 112 Å². The smallest absolute Gasteiger partial charge is 0.410 e. The summed E-state index contributed by atoms with van der Waals surface area (Å²) >= 11 is 6.02. The fourth-order valence-corrected chi connectivity index (χ4v) is 6.77. The Hall–Kier alpha value is -2.49. The SMILES string of the molecule is CC(C)(C)OC(=O)N(CC1CCC(CNc2nc(N)cc(Cl)n2)CC1)CC1(CN(C(=O)OC(C)(C)C)C2CCCCC2)CC1. The molecule has 0 radical (unpaired) electrons. The molecule has 3 fully saturated rings. The van der Waals surface area contributed by atoms with E-state index in [9.17, 15) is 9.59 Å². The molecule has 10 nitrogen and oxygen atoms in total. The van der Waals surface area contributed by atoms with Gasteiger partial charge in [-0.2, -0.15) is 4.98 Å². The number of carbonyl (C=O) groups excluding carboxylic acids is 2. The van der Waals surface area contributed by atoms with E-state index >= 15 is 0 Å². The maximum Gasteiger partial charge on any atom is 0.410 e. The van der Waals surface area contributed by atoms with Gasteiger partial charge in [0.05, 0.1) is 0 Å². The lowest BCUT2D eigenvalue weighted by atomic mass is 9.81. The predicted octanol–water partition coefficient (Wildman–Crippen LogP) is 7.52. The predicted molar refractivity (Wildman–Crippen MR) is 175 cm³/mol. The largest absolute Gasteiger partial charge is 0.444 e. The van der Waals surface area contributed by atoms with Gasteiger partial charge in [-0.3, -0.25) is 0 Å². The number of hydrogen-bond donors (Lipinski definition) is 2. The summed E-state index contributed by atoms with van der Waals surface area (Å²) in [6.45, 7) is 14.2. The average molecular weight is 635 g/mol. The van der Waals surface area contributed by atoms with Crippen molar-refractivity contribution in [2.45, 2.75) is 129 Å². The lowest BCUT2D eigenvalue weighted by molar-refractivity contribution is 0.0000129. The van der Waals surface area contributed by atoms with Gasteiger partial charge < -0.3 is 30.3 Å². The summed E-state index contributed by atoms with van der Waals surface area (Å²) in [4.78, 5) is 39.4. The van der Waals surface area contributed by atoms with Crippen molar-refractivity contribution in [3.05, 3.63) is 11.2 Å². The van der Waals surface area contributed by atoms with Crippen LogP contribution in [-0.2, 0) is 9.47 Å². The van der Waals surface area contributed by atoms with Crippen molar-refractivity contribution in [3.63, 3.8) is 0 Å². The quantitative estimate of drug-likeness (QED) is 0.253. The van der Waals surface area contributed by atoms with Gasteiger partial charge in [0, 0.05) is 43.7 Å². The third-order valence-electron chi connectivity index (χ3n) is 8.99. The van der Waals surface area contributed by atoms with Crippen LogP contribution in [-0.4, -0.2) is 75.4 Å². The number of anilines is 2. The van der Waals surface area contributed by atoms with Crippen LogP contribution < -0.4 is 11.1 Å². The second-order valence-corrected chi connectivity index (χ2v) is 15.9. The normalized spacial score (nSPS) is 22.2. The molecule has 3 saturated carbocycles. The van der Waals surface area contributed by atoms with Crippen LogP contribution in [0, 0.1) is 17.3 Å². The standard InChI is InChI=1S/C33H55ClN6O4/c1-31(2,3)43-29(41)39(20-24-14-12-23(13-15-24)19-36-28-37-26(34)18-27(35)38-28)21-33(16-17-33)22-40(25-10-8-7-9-11-25)30(42)44-32(4,5)6/h18,23-25H,7-17,19-22H2,1-6H3,(H3,35,36,37,38). The minimum atomic E-state index is -0.578. The zero-order valence-electron chi connectivity index (χ0n) is 27.8. The number of amides is 2. The second kappa shape index (κ2) is 14.3. The summed E-state index contributed by atoms with van der Waals surface area (Å²) in [7, 11) is 0. The van der Waals surface area contributed by atoms with Crippen molar-refractivity contribution in [2.24, 2.45) is 17.3 Å². The van der Waals surface area contributed by atoms with E-state index < -0.39 is 11.2 Å². The van der Waals surface area contributed by atoms with Gasteiger partial charge >= 0.3 is 12.2 Å². The van der Waals surface area contributed by atoms with Crippen molar-refractivity contribution in [2.75, 3.05) is 37.2 Å². The zero-order valence-corrected chi connectivity index (χ0v) is 28.5. The van der Waals surface area contributed by atoms with E-state index in [0.29, 0.717) is 48.4 Å². The number of ether oxygens (including phenoxy) is 2. The molecular formula is C33H55ClN6O4. The molecule has 1 heterocycles. The summed E-state index contributed by atoms with van der Waals surface area (Å²) in [5.74, 6) is 1.68. The maximum atomic E-state index is 13.6. The Morgan fingerprint density at radius 1 is 0.909 bits per heavy atom. The Bertz CT molecular complexity index is 1100. The van der Waals surface area contributed by atoms with Gasteiger partial charge in [0.1, 0.15) is 22.2 Å². The van der Waals surface area contributed by atoms with E-state index in [1.54, 1.807) is 0 Å². The monoisotopic (exact) mass is 634 g/mol. The lowest BCUT2D eigenvalue weighted by Crippen LogP contribution is -2.50. The molecule has 248 valence electrons. The Labute approximate surface area is 269 Å². The van der Waals surface area contributed by atoms with Gasteiger partial charge in [-0.1, -0.05) is 30.9 Å². The third kappa shape index (κ3) is 10.8. The Balaban J connectivity index is 1.39. The van der Waals surface area contributed by atoms with Crippen LogP contribution >= 0.6 is 11.6 Å². The van der Waals surface area contributed by atoms with Gasteiger partial charge in [-0.25, -0.2) is 14.6 Å². The molecule has 3 aliphatic carbocycles. The number of carbonyl (C=O) groups is 2. The first-order valence-corrected chi connectivity index (χ1v) is 17.0. The number of nitrogen functional groups attached to an aromatic ring is 1. The molecule has 0 aromatic carbocycles. The topological polar surface area (TPSA) is 123 Å². The average Bonchev–Trinajstić information content (AvgIpc) is 3.68. The van der Waals surface area contributed by atoms with Gasteiger partial charge in [-0.05, 0) is 105 Å². The number of rotatable bonds is 10. The van der Waals surface area contributed by atoms with Gasteiger partial charge in [0.15, 0.2) is 0 Å². The van der Waals surface area contributed by atoms with Crippen molar-refractivity contribution >= 4 is 35.6 Å². The van der Waals surface area contributed by atoms with Crippen LogP contribution in [0.4, 0.5) is 21.4 Å². The fourth-order valence-electron chi connectivity index (χ4n) is 6.57. The summed E-state index contributed by atoms with van der Waals surface area (Å²) in [6.07, 6.45) is 11.2. The molecule has 3 N–H and O–H groups in total. The molecule has 0 unspecified atom stereocenters. The van der Waals surface area contributed by atoms with Crippen molar-refractivity contribution in [1.29, 1.82) is 0 Å². The zero-order chi connectivity index (χ0) is 32.1. The Morgan fingerprint density at radius 2 is 1.50 bits per heavy atom. The lowest BCUT2D eigenvalue weighted by Gasteiger charge is -2.40. The summed E-state index contributed by atoms with van der Waals surface area (Å²) in [6, 6.07) is 1.73. The van der Waals surface area contributed by atoms with E-state index in [0.717, 1.165) is 70.8 Å². The van der Waals surface area contributed by atoms with Crippen LogP contribution in [0.5, 0.6) is 0 Å². The molecule has 4 rings (SSSR count). The molecule has 0 spiro atoms. The van der Waals surface area contributed by atoms with E-state index in [1.807, 2.05) is 51.3 Å². The van der Waals surface area contributed by atoms with E-state index in [4.69, 9.17) is 26.8 Å². The molecule has 1 aromatic heterocycles. The molecule has 0 bridgehead atoms. The minimum Gasteiger partial charge on any atom is -0.444 e. The molecule has 0 aliphatic heterocycles. The Morgan fingerprint density at radius 3 is 2.07 bits per heavy atom. The third-order valence-corrected chi connectivity index (χ3v) is 9.19. The van der Waals surface area contributed by atoms with Crippen LogP contribution in [0.25, 0.3) is 0 Å². The van der Waals surface area contributed by atoms with Crippen LogP contribution in [0.15, 0.2) is 6.07 Å². The summed E-state index contributed by atoms with van der Waals surface area (Å²) in [5.41, 5.74) is 4.56. The number of hydrogen-bond acceptors (Lipinski definition) is 8. The first kappa shape index (κ1) is 34.4. The second-order valence-electron chi connectivity index (χ2n) is 15.5. The number of aromatic nitrogens is 2. The number of nitrogens with two attached hydrogens (primary N) is 1. The van der Waals surface area contributed by atoms with Crippen LogP contribution in [0.3, 0.4) is 0 Å². The molecular weight excluding hydrogens is 580 g/mol. The van der Waals surface area contributed by atoms with Crippen molar-refractivity contribution in [3.8, 4) is 0 Å². The van der Waals surface area contributed by atoms with E-state index in [-0.39, 0.29) is 23.6 Å². The van der Waals surface area contributed by atoms with Gasteiger partial charge in [0.25, 0.3) is 0 Å². The van der Waals surface area contributed by atoms with Gasteiger partial charge in [0.2, 0.25) is 5.95 Å². The highest BCUT2D eigenvalue weighted by molar-refractivity contribution is 6.29. The molecule has 44 heavy (non-hydrogen) atoms. The number of halogens is 1. The Kier molecular flexibility index (Phi) is 11.2. The molecule has 1 aromatic rings. The van der Waals surface area contributed by atoms with Gasteiger partial charge in [-0.15, -0.1) is 0 Å². The molecule has 11 heteroatoms. The van der Waals surface area contributed by atoms with Crippen molar-refractivity contribution < 1.29 is 19.1 Å². The molecule has 0 saturated heterocycles. The number of nitrogens with zero attached hydrogens (tertiary/aromatic N) is 4.